The number of nitrogens with one attached hydrogen (secondary N) is 1. The third kappa shape index (κ3) is 3.97. The van der Waals surface area contributed by atoms with E-state index >= 15 is 0 Å². The Morgan fingerprint density at radius 1 is 1.18 bits per heavy atom. The van der Waals surface area contributed by atoms with Crippen molar-refractivity contribution in [2.24, 2.45) is 11.8 Å². The highest BCUT2D eigenvalue weighted by atomic mass is 35.5. The molecule has 2 heteroatoms. The fourth-order valence-electron chi connectivity index (χ4n) is 1.82. The van der Waals surface area contributed by atoms with Gasteiger partial charge in [-0.1, -0.05) is 19.8 Å². The van der Waals surface area contributed by atoms with Gasteiger partial charge in [0, 0.05) is 0 Å². The van der Waals surface area contributed by atoms with E-state index in [9.17, 15) is 0 Å². The van der Waals surface area contributed by atoms with Crippen LogP contribution in [0, 0.1) is 11.8 Å². The van der Waals surface area contributed by atoms with Crippen LogP contribution in [-0.4, -0.2) is 13.6 Å². The second-order valence-corrected chi connectivity index (χ2v) is 3.68. The summed E-state index contributed by atoms with van der Waals surface area (Å²) in [5.41, 5.74) is 0. The van der Waals surface area contributed by atoms with Crippen LogP contribution in [0.25, 0.3) is 0 Å². The van der Waals surface area contributed by atoms with Crippen LogP contribution >= 0.6 is 12.4 Å². The van der Waals surface area contributed by atoms with Crippen LogP contribution < -0.4 is 5.32 Å². The van der Waals surface area contributed by atoms with Crippen LogP contribution in [-0.2, 0) is 0 Å². The van der Waals surface area contributed by atoms with E-state index in [1.54, 1.807) is 0 Å². The quantitative estimate of drug-likeness (QED) is 0.684. The summed E-state index contributed by atoms with van der Waals surface area (Å²) in [5.74, 6) is 1.97. The third-order valence-electron chi connectivity index (χ3n) is 2.63. The molecule has 0 heterocycles. The third-order valence-corrected chi connectivity index (χ3v) is 2.63. The molecule has 1 saturated carbocycles. The van der Waals surface area contributed by atoms with E-state index in [1.165, 1.54) is 32.2 Å². The van der Waals surface area contributed by atoms with Gasteiger partial charge in [0.05, 0.1) is 0 Å². The Hall–Kier alpha value is 0.250. The van der Waals surface area contributed by atoms with Crippen LogP contribution in [0.1, 0.15) is 32.6 Å². The van der Waals surface area contributed by atoms with Gasteiger partial charge in [-0.3, -0.25) is 0 Å². The molecule has 0 unspecified atom stereocenters. The summed E-state index contributed by atoms with van der Waals surface area (Å²) < 4.78 is 0. The molecule has 11 heavy (non-hydrogen) atoms. The van der Waals surface area contributed by atoms with Gasteiger partial charge in [-0.25, -0.2) is 0 Å². The van der Waals surface area contributed by atoms with Crippen molar-refractivity contribution in [3.8, 4) is 0 Å². The van der Waals surface area contributed by atoms with Crippen molar-refractivity contribution in [3.63, 3.8) is 0 Å². The molecule has 0 aliphatic heterocycles. The zero-order valence-electron chi connectivity index (χ0n) is 7.60. The highest BCUT2D eigenvalue weighted by Gasteiger charge is 2.16. The smallest absolute Gasteiger partial charge is 0.00235 e. The summed E-state index contributed by atoms with van der Waals surface area (Å²) in [6.07, 6.45) is 5.79. The van der Waals surface area contributed by atoms with E-state index in [0.29, 0.717) is 0 Å². The van der Waals surface area contributed by atoms with Gasteiger partial charge in [0.25, 0.3) is 0 Å². The summed E-state index contributed by atoms with van der Waals surface area (Å²) in [6.45, 7) is 3.60. The van der Waals surface area contributed by atoms with Gasteiger partial charge in [0.15, 0.2) is 0 Å². The van der Waals surface area contributed by atoms with Crippen LogP contribution in [0.4, 0.5) is 0 Å². The number of hydrogen-bond donors (Lipinski definition) is 1. The van der Waals surface area contributed by atoms with Crippen LogP contribution in [0.5, 0.6) is 0 Å². The maximum Gasteiger partial charge on any atom is -0.00235 e. The Morgan fingerprint density at radius 3 is 2.18 bits per heavy atom. The van der Waals surface area contributed by atoms with Crippen LogP contribution in [0.15, 0.2) is 0 Å². The molecule has 0 saturated heterocycles. The average molecular weight is 178 g/mol. The molecule has 0 spiro atoms. The fourth-order valence-corrected chi connectivity index (χ4v) is 1.82. The van der Waals surface area contributed by atoms with Crippen molar-refractivity contribution in [3.05, 3.63) is 0 Å². The molecule has 0 aromatic heterocycles. The zero-order valence-corrected chi connectivity index (χ0v) is 8.41. The lowest BCUT2D eigenvalue weighted by atomic mass is 9.83. The molecule has 1 aliphatic carbocycles. The summed E-state index contributed by atoms with van der Waals surface area (Å²) in [6, 6.07) is 0. The SMILES string of the molecule is CNCC1CCC(C)CC1.Cl. The van der Waals surface area contributed by atoms with Gasteiger partial charge >= 0.3 is 0 Å². The Morgan fingerprint density at radius 2 is 1.73 bits per heavy atom. The highest BCUT2D eigenvalue weighted by Crippen LogP contribution is 2.27. The second kappa shape index (κ2) is 5.84. The van der Waals surface area contributed by atoms with E-state index < -0.39 is 0 Å². The Kier molecular flexibility index (Phi) is 5.98. The Labute approximate surface area is 76.4 Å². The highest BCUT2D eigenvalue weighted by molar-refractivity contribution is 5.85. The average Bonchev–Trinajstić information content (AvgIpc) is 1.95. The van der Waals surface area contributed by atoms with Gasteiger partial charge < -0.3 is 5.32 Å². The van der Waals surface area contributed by atoms with Gasteiger partial charge in [-0.15, -0.1) is 12.4 Å². The van der Waals surface area contributed by atoms with Crippen molar-refractivity contribution in [1.82, 2.24) is 5.32 Å². The van der Waals surface area contributed by atoms with Crippen molar-refractivity contribution in [1.29, 1.82) is 0 Å². The number of rotatable bonds is 2. The molecule has 0 aromatic carbocycles. The Balaban J connectivity index is 0.000001000. The lowest BCUT2D eigenvalue weighted by molar-refractivity contribution is 0.286. The molecule has 0 atom stereocenters. The summed E-state index contributed by atoms with van der Waals surface area (Å²) in [5, 5.41) is 3.25. The van der Waals surface area contributed by atoms with E-state index in [1.807, 2.05) is 0 Å². The second-order valence-electron chi connectivity index (χ2n) is 3.68. The molecule has 0 amide bonds. The standard InChI is InChI=1S/C9H19N.ClH/c1-8-3-5-9(6-4-8)7-10-2;/h8-10H,3-7H2,1-2H3;1H. The predicted molar refractivity (Wildman–Crippen MR) is 52.3 cm³/mol. The minimum Gasteiger partial charge on any atom is -0.319 e. The first-order valence-electron chi connectivity index (χ1n) is 4.47. The van der Waals surface area contributed by atoms with Gasteiger partial charge in [0.2, 0.25) is 0 Å². The van der Waals surface area contributed by atoms with Crippen molar-refractivity contribution >= 4 is 12.4 Å². The van der Waals surface area contributed by atoms with E-state index in [4.69, 9.17) is 0 Å². The largest absolute Gasteiger partial charge is 0.319 e. The predicted octanol–water partition coefficient (Wildman–Crippen LogP) is 2.45. The molecular formula is C9H20ClN. The maximum absolute atomic E-state index is 3.25. The lowest BCUT2D eigenvalue weighted by Gasteiger charge is -2.25. The maximum atomic E-state index is 3.25. The molecular weight excluding hydrogens is 158 g/mol. The molecule has 0 radical (unpaired) electrons. The summed E-state index contributed by atoms with van der Waals surface area (Å²) >= 11 is 0. The van der Waals surface area contributed by atoms with E-state index in [0.717, 1.165) is 11.8 Å². The molecule has 1 rings (SSSR count). The minimum atomic E-state index is 0. The zero-order chi connectivity index (χ0) is 7.40. The van der Waals surface area contributed by atoms with Gasteiger partial charge in [-0.05, 0) is 38.3 Å². The normalized spacial score (nSPS) is 31.1. The van der Waals surface area contributed by atoms with Gasteiger partial charge in [-0.2, -0.15) is 0 Å². The van der Waals surface area contributed by atoms with Crippen molar-refractivity contribution in [2.45, 2.75) is 32.6 Å². The first-order valence-corrected chi connectivity index (χ1v) is 4.47. The van der Waals surface area contributed by atoms with E-state index in [2.05, 4.69) is 19.3 Å². The van der Waals surface area contributed by atoms with Gasteiger partial charge in [0.1, 0.15) is 0 Å². The monoisotopic (exact) mass is 177 g/mol. The molecule has 1 nitrogen and oxygen atoms in total. The first-order chi connectivity index (χ1) is 4.83. The lowest BCUT2D eigenvalue weighted by Crippen LogP contribution is -2.22. The molecule has 1 N–H and O–H groups in total. The first kappa shape index (κ1) is 11.2. The number of halogens is 1. The topological polar surface area (TPSA) is 12.0 Å². The van der Waals surface area contributed by atoms with Crippen LogP contribution in [0.3, 0.4) is 0 Å². The van der Waals surface area contributed by atoms with E-state index in [-0.39, 0.29) is 12.4 Å². The molecule has 68 valence electrons. The Bertz CT molecular complexity index is 87.6. The minimum absolute atomic E-state index is 0. The summed E-state index contributed by atoms with van der Waals surface area (Å²) in [7, 11) is 2.05. The molecule has 0 aromatic rings. The van der Waals surface area contributed by atoms with Crippen molar-refractivity contribution in [2.75, 3.05) is 13.6 Å². The summed E-state index contributed by atoms with van der Waals surface area (Å²) in [4.78, 5) is 0. The van der Waals surface area contributed by atoms with Crippen LogP contribution in [0.2, 0.25) is 0 Å². The molecule has 1 aliphatic rings. The molecule has 0 bridgehead atoms. The molecule has 1 fully saturated rings. The number of hydrogen-bond acceptors (Lipinski definition) is 1. The fraction of sp³-hybridized carbons (Fsp3) is 1.00. The van der Waals surface area contributed by atoms with Crippen molar-refractivity contribution < 1.29 is 0 Å².